The minimum Gasteiger partial charge on any atom is -0.459 e. The highest BCUT2D eigenvalue weighted by molar-refractivity contribution is 6.00. The van der Waals surface area contributed by atoms with Crippen molar-refractivity contribution in [3.05, 3.63) is 70.6 Å². The maximum absolute atomic E-state index is 13.2. The van der Waals surface area contributed by atoms with E-state index in [2.05, 4.69) is 4.98 Å². The predicted octanol–water partition coefficient (Wildman–Crippen LogP) is 5.98. The molecule has 3 aromatic rings. The van der Waals surface area contributed by atoms with Crippen LogP contribution in [0.3, 0.4) is 0 Å². The average Bonchev–Trinajstić information content (AvgIpc) is 3.07. The van der Waals surface area contributed by atoms with E-state index in [0.29, 0.717) is 23.1 Å². The van der Waals surface area contributed by atoms with Gasteiger partial charge in [-0.3, -0.25) is 0 Å². The van der Waals surface area contributed by atoms with Crippen molar-refractivity contribution >= 4 is 23.1 Å². The normalized spacial score (nSPS) is 12.8. The Balaban J connectivity index is 2.10. The minimum atomic E-state index is -4.97. The second kappa shape index (κ2) is 9.21. The lowest BCUT2D eigenvalue weighted by atomic mass is 10.0. The summed E-state index contributed by atoms with van der Waals surface area (Å²) in [6.07, 6.45) is -6.39. The molecule has 0 radical (unpaired) electrons. The van der Waals surface area contributed by atoms with Crippen LogP contribution in [0.2, 0.25) is 0 Å². The quantitative estimate of drug-likeness (QED) is 0.195. The summed E-state index contributed by atoms with van der Waals surface area (Å²) in [6.45, 7) is 2.84. The highest BCUT2D eigenvalue weighted by atomic mass is 19.4. The molecule has 0 atom stereocenters. The van der Waals surface area contributed by atoms with Gasteiger partial charge in [0.25, 0.3) is 0 Å². The third-order valence-corrected chi connectivity index (χ3v) is 4.65. The van der Waals surface area contributed by atoms with Gasteiger partial charge in [-0.2, -0.15) is 31.6 Å². The molecule has 5 nitrogen and oxygen atoms in total. The number of hydrogen-bond donors (Lipinski definition) is 0. The van der Waals surface area contributed by atoms with Crippen LogP contribution in [0.5, 0.6) is 0 Å². The Morgan fingerprint density at radius 1 is 1.15 bits per heavy atom. The standard InChI is InChI=1S/C23H17F6N3O2/c1-13(2)34-21(33)15(10-30)8-16-12-32(20-19(16)4-3-5-31-20)11-14-6-17(22(24,25)26)9-18(7-14)23(27,28)29/h3-9,12-13H,11H2,1-2H3/b15-8+. The highest BCUT2D eigenvalue weighted by Gasteiger charge is 2.37. The Bertz CT molecular complexity index is 1260. The summed E-state index contributed by atoms with van der Waals surface area (Å²) in [6, 6.07) is 6.23. The van der Waals surface area contributed by atoms with E-state index < -0.39 is 35.6 Å². The van der Waals surface area contributed by atoms with Gasteiger partial charge < -0.3 is 9.30 Å². The van der Waals surface area contributed by atoms with Crippen molar-refractivity contribution in [3.8, 4) is 6.07 Å². The number of carbonyl (C=O) groups is 1. The van der Waals surface area contributed by atoms with E-state index in [4.69, 9.17) is 4.74 Å². The number of rotatable bonds is 5. The van der Waals surface area contributed by atoms with Gasteiger partial charge in [0.05, 0.1) is 17.2 Å². The number of alkyl halides is 6. The van der Waals surface area contributed by atoms with E-state index in [-0.39, 0.29) is 29.4 Å². The summed E-state index contributed by atoms with van der Waals surface area (Å²) < 4.78 is 85.6. The first kappa shape index (κ1) is 24.8. The first-order chi connectivity index (χ1) is 15.8. The number of esters is 1. The van der Waals surface area contributed by atoms with E-state index in [9.17, 15) is 36.4 Å². The number of carbonyl (C=O) groups excluding carboxylic acids is 1. The molecule has 0 aliphatic heterocycles. The summed E-state index contributed by atoms with van der Waals surface area (Å²) in [4.78, 5) is 16.3. The third-order valence-electron chi connectivity index (χ3n) is 4.65. The first-order valence-electron chi connectivity index (χ1n) is 9.84. The summed E-state index contributed by atoms with van der Waals surface area (Å²) in [7, 11) is 0. The number of hydrogen-bond acceptors (Lipinski definition) is 4. The number of nitriles is 1. The lowest BCUT2D eigenvalue weighted by molar-refractivity contribution is -0.144. The van der Waals surface area contributed by atoms with Gasteiger partial charge in [-0.05, 0) is 55.8 Å². The van der Waals surface area contributed by atoms with Gasteiger partial charge >= 0.3 is 18.3 Å². The number of ether oxygens (including phenoxy) is 1. The molecule has 0 aliphatic carbocycles. The lowest BCUT2D eigenvalue weighted by Crippen LogP contribution is -2.13. The molecule has 3 rings (SSSR count). The van der Waals surface area contributed by atoms with Crippen LogP contribution in [0, 0.1) is 11.3 Å². The molecule has 2 aromatic heterocycles. The zero-order valence-electron chi connectivity index (χ0n) is 17.8. The molecule has 0 N–H and O–H groups in total. The Morgan fingerprint density at radius 2 is 1.76 bits per heavy atom. The van der Waals surface area contributed by atoms with E-state index in [1.807, 2.05) is 0 Å². The second-order valence-electron chi connectivity index (χ2n) is 7.62. The van der Waals surface area contributed by atoms with Crippen molar-refractivity contribution in [2.75, 3.05) is 0 Å². The van der Waals surface area contributed by atoms with Gasteiger partial charge in [0.2, 0.25) is 0 Å². The van der Waals surface area contributed by atoms with Crippen LogP contribution in [-0.2, 0) is 28.4 Å². The number of fused-ring (bicyclic) bond motifs is 1. The zero-order valence-corrected chi connectivity index (χ0v) is 17.8. The van der Waals surface area contributed by atoms with Gasteiger partial charge in [0.1, 0.15) is 17.3 Å². The number of aromatic nitrogens is 2. The molecule has 11 heteroatoms. The van der Waals surface area contributed by atoms with Crippen LogP contribution in [-0.4, -0.2) is 21.6 Å². The van der Waals surface area contributed by atoms with Crippen LogP contribution in [0.15, 0.2) is 48.3 Å². The smallest absolute Gasteiger partial charge is 0.416 e. The van der Waals surface area contributed by atoms with Gasteiger partial charge in [0.15, 0.2) is 0 Å². The summed E-state index contributed by atoms with van der Waals surface area (Å²) in [5.74, 6) is -0.866. The first-order valence-corrected chi connectivity index (χ1v) is 9.84. The van der Waals surface area contributed by atoms with Crippen molar-refractivity contribution in [2.45, 2.75) is 38.8 Å². The van der Waals surface area contributed by atoms with Gasteiger partial charge in [-0.1, -0.05) is 0 Å². The second-order valence-corrected chi connectivity index (χ2v) is 7.62. The molecule has 1 aromatic carbocycles. The molecule has 178 valence electrons. The molecule has 0 fully saturated rings. The van der Waals surface area contributed by atoms with Crippen LogP contribution < -0.4 is 0 Å². The predicted molar refractivity (Wildman–Crippen MR) is 110 cm³/mol. The fraction of sp³-hybridized carbons (Fsp3) is 0.261. The molecule has 0 saturated heterocycles. The average molecular weight is 481 g/mol. The van der Waals surface area contributed by atoms with Crippen molar-refractivity contribution in [2.24, 2.45) is 0 Å². The van der Waals surface area contributed by atoms with Crippen LogP contribution in [0.1, 0.15) is 36.1 Å². The highest BCUT2D eigenvalue weighted by Crippen LogP contribution is 2.36. The van der Waals surface area contributed by atoms with Crippen LogP contribution in [0.25, 0.3) is 17.1 Å². The topological polar surface area (TPSA) is 67.9 Å². The molecule has 0 spiro atoms. The third kappa shape index (κ3) is 5.57. The molecule has 0 bridgehead atoms. The Morgan fingerprint density at radius 3 is 2.29 bits per heavy atom. The SMILES string of the molecule is CC(C)OC(=O)/C(C#N)=C/c1cn(Cc2cc(C(F)(F)F)cc(C(F)(F)F)c2)c2ncccc12. The minimum absolute atomic E-state index is 0.0587. The Kier molecular flexibility index (Phi) is 6.72. The van der Waals surface area contributed by atoms with Crippen LogP contribution >= 0.6 is 0 Å². The molecule has 0 unspecified atom stereocenters. The largest absolute Gasteiger partial charge is 0.459 e. The molecule has 34 heavy (non-hydrogen) atoms. The molecular formula is C23H17F6N3O2. The number of nitrogens with zero attached hydrogens (tertiary/aromatic N) is 3. The van der Waals surface area contributed by atoms with E-state index in [1.165, 1.54) is 23.0 Å². The molecular weight excluding hydrogens is 464 g/mol. The monoisotopic (exact) mass is 481 g/mol. The molecule has 0 amide bonds. The van der Waals surface area contributed by atoms with Crippen molar-refractivity contribution in [3.63, 3.8) is 0 Å². The number of halogens is 6. The fourth-order valence-electron chi connectivity index (χ4n) is 3.26. The van der Waals surface area contributed by atoms with Crippen molar-refractivity contribution in [1.29, 1.82) is 5.26 Å². The maximum Gasteiger partial charge on any atom is 0.416 e. The molecule has 0 saturated carbocycles. The Hall–Kier alpha value is -3.81. The number of benzene rings is 1. The van der Waals surface area contributed by atoms with E-state index in [1.54, 1.807) is 32.0 Å². The Labute approximate surface area is 189 Å². The van der Waals surface area contributed by atoms with Crippen LogP contribution in [0.4, 0.5) is 26.3 Å². The van der Waals surface area contributed by atoms with Crippen molar-refractivity contribution in [1.82, 2.24) is 9.55 Å². The van der Waals surface area contributed by atoms with Gasteiger partial charge in [-0.15, -0.1) is 0 Å². The lowest BCUT2D eigenvalue weighted by Gasteiger charge is -2.14. The molecule has 0 aliphatic rings. The van der Waals surface area contributed by atoms with Crippen molar-refractivity contribution < 1.29 is 35.9 Å². The summed E-state index contributed by atoms with van der Waals surface area (Å²) in [5.41, 5.74) is -2.86. The van der Waals surface area contributed by atoms with Gasteiger partial charge in [-0.25, -0.2) is 9.78 Å². The van der Waals surface area contributed by atoms with E-state index >= 15 is 0 Å². The maximum atomic E-state index is 13.2. The number of pyridine rings is 1. The molecule has 2 heterocycles. The summed E-state index contributed by atoms with van der Waals surface area (Å²) in [5, 5.41) is 9.78. The fourth-order valence-corrected chi connectivity index (χ4v) is 3.26. The van der Waals surface area contributed by atoms with Gasteiger partial charge in [0, 0.05) is 29.9 Å². The van der Waals surface area contributed by atoms with E-state index in [0.717, 1.165) is 0 Å². The zero-order chi connectivity index (χ0) is 25.3. The summed E-state index contributed by atoms with van der Waals surface area (Å²) >= 11 is 0.